The third kappa shape index (κ3) is 6.88. The van der Waals surface area contributed by atoms with Crippen LogP contribution in [0.2, 0.25) is 0 Å². The number of hydrogen-bond donors (Lipinski definition) is 1. The van der Waals surface area contributed by atoms with Crippen LogP contribution in [0.1, 0.15) is 25.3 Å². The maximum atomic E-state index is 12.9. The Morgan fingerprint density at radius 1 is 1.21 bits per heavy atom. The Morgan fingerprint density at radius 2 is 1.83 bits per heavy atom. The Labute approximate surface area is 168 Å². The molecule has 0 aromatic heterocycles. The number of nitro groups is 1. The van der Waals surface area contributed by atoms with E-state index in [1.54, 1.807) is 19.2 Å². The van der Waals surface area contributed by atoms with Crippen molar-refractivity contribution >= 4 is 11.6 Å². The van der Waals surface area contributed by atoms with Crippen LogP contribution in [0.5, 0.6) is 0 Å². The Morgan fingerprint density at radius 3 is 2.34 bits per heavy atom. The quantitative estimate of drug-likeness (QED) is 0.244. The number of halogens is 3. The molecule has 1 saturated heterocycles. The highest BCUT2D eigenvalue weighted by molar-refractivity contribution is 5.79. The molecule has 0 radical (unpaired) electrons. The number of rotatable bonds is 7. The number of benzene rings is 1. The van der Waals surface area contributed by atoms with Crippen molar-refractivity contribution in [3.63, 3.8) is 0 Å². The fourth-order valence-electron chi connectivity index (χ4n) is 3.30. The van der Waals surface area contributed by atoms with Crippen molar-refractivity contribution in [1.82, 2.24) is 15.1 Å². The van der Waals surface area contributed by atoms with Gasteiger partial charge in [0.2, 0.25) is 0 Å². The molecule has 162 valence electrons. The molecular formula is C19H28F3N5O2. The minimum atomic E-state index is -4.20. The molecule has 2 rings (SSSR count). The molecule has 0 spiro atoms. The number of hydrogen-bond acceptors (Lipinski definition) is 4. The Bertz CT molecular complexity index is 686. The molecule has 7 nitrogen and oxygen atoms in total. The van der Waals surface area contributed by atoms with Crippen molar-refractivity contribution in [1.29, 1.82) is 0 Å². The van der Waals surface area contributed by atoms with Gasteiger partial charge in [-0.1, -0.05) is 12.1 Å². The van der Waals surface area contributed by atoms with Crippen LogP contribution >= 0.6 is 0 Å². The second kappa shape index (κ2) is 10.4. The molecule has 10 heteroatoms. The van der Waals surface area contributed by atoms with Gasteiger partial charge < -0.3 is 10.2 Å². The highest BCUT2D eigenvalue weighted by Gasteiger charge is 2.41. The first kappa shape index (κ1) is 22.9. The summed E-state index contributed by atoms with van der Waals surface area (Å²) >= 11 is 0. The summed E-state index contributed by atoms with van der Waals surface area (Å²) in [6, 6.07) is 5.13. The highest BCUT2D eigenvalue weighted by Crippen LogP contribution is 2.25. The van der Waals surface area contributed by atoms with Crippen LogP contribution in [0.15, 0.2) is 29.3 Å². The average molecular weight is 415 g/mol. The van der Waals surface area contributed by atoms with Gasteiger partial charge >= 0.3 is 6.18 Å². The van der Waals surface area contributed by atoms with E-state index in [-0.39, 0.29) is 5.69 Å². The number of guanidine groups is 1. The number of unbranched alkanes of at least 4 members (excludes halogenated alkanes) is 1. The third-order valence-electron chi connectivity index (χ3n) is 5.17. The molecule has 1 unspecified atom stereocenters. The number of nitro benzene ring substituents is 1. The first-order valence-corrected chi connectivity index (χ1v) is 9.72. The molecule has 0 saturated carbocycles. The molecule has 1 aromatic carbocycles. The predicted molar refractivity (Wildman–Crippen MR) is 106 cm³/mol. The van der Waals surface area contributed by atoms with Crippen LogP contribution in [0.3, 0.4) is 0 Å². The number of alkyl halides is 3. The van der Waals surface area contributed by atoms with E-state index >= 15 is 0 Å². The van der Waals surface area contributed by atoms with Crippen LogP contribution in [-0.4, -0.2) is 72.7 Å². The average Bonchev–Trinajstić information content (AvgIpc) is 2.70. The van der Waals surface area contributed by atoms with E-state index in [4.69, 9.17) is 0 Å². The molecular weight excluding hydrogens is 387 g/mol. The van der Waals surface area contributed by atoms with Gasteiger partial charge in [-0.05, 0) is 31.7 Å². The summed E-state index contributed by atoms with van der Waals surface area (Å²) in [6.45, 7) is 3.61. The molecule has 1 aromatic rings. The SMILES string of the molecule is CN=C(NCCCCc1ccc([N+](=O)[O-])cc1)N1CCN(C(C)C(F)(F)F)CC1. The smallest absolute Gasteiger partial charge is 0.356 e. The number of non-ortho nitro benzene ring substituents is 1. The second-order valence-electron chi connectivity index (χ2n) is 7.10. The standard InChI is InChI=1S/C19H28F3N5O2/c1-15(19(20,21)22)25-11-13-26(14-12-25)18(23-2)24-10-4-3-5-16-6-8-17(9-7-16)27(28)29/h6-9,15H,3-5,10-14H2,1-2H3,(H,23,24). The molecule has 29 heavy (non-hydrogen) atoms. The molecule has 0 aliphatic carbocycles. The monoisotopic (exact) mass is 415 g/mol. The lowest BCUT2D eigenvalue weighted by Crippen LogP contribution is -2.56. The number of nitrogens with zero attached hydrogens (tertiary/aromatic N) is 4. The maximum Gasteiger partial charge on any atom is 0.403 e. The van der Waals surface area contributed by atoms with Crippen molar-refractivity contribution in [3.05, 3.63) is 39.9 Å². The Kier molecular flexibility index (Phi) is 8.24. The lowest BCUT2D eigenvalue weighted by atomic mass is 10.1. The summed E-state index contributed by atoms with van der Waals surface area (Å²) in [6.07, 6.45) is -1.57. The van der Waals surface area contributed by atoms with E-state index in [9.17, 15) is 23.3 Å². The second-order valence-corrected chi connectivity index (χ2v) is 7.10. The van der Waals surface area contributed by atoms with Gasteiger partial charge in [-0.15, -0.1) is 0 Å². The largest absolute Gasteiger partial charge is 0.403 e. The van der Waals surface area contributed by atoms with Crippen molar-refractivity contribution in [2.24, 2.45) is 4.99 Å². The molecule has 1 heterocycles. The fraction of sp³-hybridized carbons (Fsp3) is 0.632. The zero-order valence-electron chi connectivity index (χ0n) is 16.8. The third-order valence-corrected chi connectivity index (χ3v) is 5.17. The van der Waals surface area contributed by atoms with Gasteiger partial charge in [0.25, 0.3) is 5.69 Å². The Hall–Kier alpha value is -2.36. The lowest BCUT2D eigenvalue weighted by Gasteiger charge is -2.39. The summed E-state index contributed by atoms with van der Waals surface area (Å²) < 4.78 is 38.6. The van der Waals surface area contributed by atoms with Gasteiger partial charge in [-0.3, -0.25) is 20.0 Å². The number of nitrogens with one attached hydrogen (secondary N) is 1. The molecule has 1 N–H and O–H groups in total. The number of piperazine rings is 1. The van der Waals surface area contributed by atoms with Gasteiger partial charge in [0.15, 0.2) is 5.96 Å². The van der Waals surface area contributed by atoms with E-state index in [1.807, 2.05) is 4.90 Å². The van der Waals surface area contributed by atoms with E-state index < -0.39 is 17.1 Å². The van der Waals surface area contributed by atoms with Crippen LogP contribution in [0.25, 0.3) is 0 Å². The summed E-state index contributed by atoms with van der Waals surface area (Å²) in [5.74, 6) is 0.708. The number of aliphatic imine (C=N–C) groups is 1. The predicted octanol–water partition coefficient (Wildman–Crippen LogP) is 3.06. The summed E-state index contributed by atoms with van der Waals surface area (Å²) in [7, 11) is 1.67. The number of aryl methyl sites for hydroxylation is 1. The molecule has 0 amide bonds. The molecule has 1 atom stereocenters. The first-order valence-electron chi connectivity index (χ1n) is 9.72. The van der Waals surface area contributed by atoms with Gasteiger partial charge in [-0.25, -0.2) is 0 Å². The normalized spacial score (nSPS) is 17.3. The molecule has 1 aliphatic heterocycles. The van der Waals surface area contributed by atoms with Crippen molar-refractivity contribution in [3.8, 4) is 0 Å². The van der Waals surface area contributed by atoms with E-state index in [0.717, 1.165) is 24.8 Å². The lowest BCUT2D eigenvalue weighted by molar-refractivity contribution is -0.384. The Balaban J connectivity index is 1.68. The van der Waals surface area contributed by atoms with Crippen LogP contribution in [0.4, 0.5) is 18.9 Å². The maximum absolute atomic E-state index is 12.9. The van der Waals surface area contributed by atoms with Crippen LogP contribution < -0.4 is 5.32 Å². The van der Waals surface area contributed by atoms with Gasteiger partial charge in [0, 0.05) is 51.9 Å². The van der Waals surface area contributed by atoms with Crippen LogP contribution in [-0.2, 0) is 6.42 Å². The fourth-order valence-corrected chi connectivity index (χ4v) is 3.30. The zero-order valence-corrected chi connectivity index (χ0v) is 16.8. The topological polar surface area (TPSA) is 74.0 Å². The summed E-state index contributed by atoms with van der Waals surface area (Å²) in [5.41, 5.74) is 1.14. The molecule has 0 bridgehead atoms. The van der Waals surface area contributed by atoms with Gasteiger partial charge in [-0.2, -0.15) is 13.2 Å². The van der Waals surface area contributed by atoms with Crippen molar-refractivity contribution in [2.75, 3.05) is 39.8 Å². The molecule has 1 fully saturated rings. The van der Waals surface area contributed by atoms with Crippen molar-refractivity contribution < 1.29 is 18.1 Å². The van der Waals surface area contributed by atoms with E-state index in [2.05, 4.69) is 10.3 Å². The van der Waals surface area contributed by atoms with E-state index in [0.29, 0.717) is 38.7 Å². The highest BCUT2D eigenvalue weighted by atomic mass is 19.4. The first-order chi connectivity index (χ1) is 13.7. The zero-order chi connectivity index (χ0) is 21.4. The van der Waals surface area contributed by atoms with E-state index in [1.165, 1.54) is 24.0 Å². The van der Waals surface area contributed by atoms with Crippen molar-refractivity contribution in [2.45, 2.75) is 38.4 Å². The van der Waals surface area contributed by atoms with Crippen LogP contribution in [0, 0.1) is 10.1 Å². The minimum Gasteiger partial charge on any atom is -0.356 e. The van der Waals surface area contributed by atoms with Gasteiger partial charge in [0.1, 0.15) is 6.04 Å². The summed E-state index contributed by atoms with van der Waals surface area (Å²) in [4.78, 5) is 17.9. The molecule has 1 aliphatic rings. The van der Waals surface area contributed by atoms with Gasteiger partial charge in [0.05, 0.1) is 4.92 Å². The summed E-state index contributed by atoms with van der Waals surface area (Å²) in [5, 5.41) is 13.9. The minimum absolute atomic E-state index is 0.0870.